The molecule has 4 atom stereocenters. The lowest BCUT2D eigenvalue weighted by Gasteiger charge is -2.41. The second-order valence-electron chi connectivity index (χ2n) is 7.82. The standard InChI is InChI=1S/C19H28Br2N2O6/c20-11-5-10(7-22-12-1-3-13(24)4-2-12)16(14(21)6-11)23-9-19(28)18(27)17(26)15(25)8-29-19/h5-6,12-13,15,17-18,22-28H,1-4,7-9H2/t12?,13?,15-,17-,18+,19-/m1/s1. The molecule has 0 unspecified atom stereocenters. The van der Waals surface area contributed by atoms with E-state index in [0.717, 1.165) is 45.9 Å². The number of benzene rings is 1. The summed E-state index contributed by atoms with van der Waals surface area (Å²) in [6.07, 6.45) is -1.18. The Morgan fingerprint density at radius 2 is 1.76 bits per heavy atom. The SMILES string of the molecule is OC1CCC(NCc2cc(Br)cc(Br)c2NC[C@@]2(O)OC[C@@H](O)[C@@H](O)[C@@H]2O)CC1. The van der Waals surface area contributed by atoms with Crippen molar-refractivity contribution in [3.05, 3.63) is 26.6 Å². The molecule has 10 heteroatoms. The third-order valence-corrected chi connectivity index (χ3v) is 6.70. The van der Waals surface area contributed by atoms with E-state index in [1.54, 1.807) is 0 Å². The van der Waals surface area contributed by atoms with Gasteiger partial charge in [-0.2, -0.15) is 0 Å². The van der Waals surface area contributed by atoms with Gasteiger partial charge in [-0.05, 0) is 59.3 Å². The molecule has 0 aromatic heterocycles. The molecule has 0 radical (unpaired) electrons. The van der Waals surface area contributed by atoms with Crippen LogP contribution in [0.4, 0.5) is 5.69 Å². The maximum Gasteiger partial charge on any atom is 0.212 e. The smallest absolute Gasteiger partial charge is 0.212 e. The Bertz CT molecular complexity index is 704. The zero-order valence-electron chi connectivity index (χ0n) is 15.9. The topological polar surface area (TPSA) is 134 Å². The first-order valence-corrected chi connectivity index (χ1v) is 11.3. The molecule has 2 aliphatic rings. The van der Waals surface area contributed by atoms with Crippen molar-refractivity contribution in [2.24, 2.45) is 0 Å². The van der Waals surface area contributed by atoms with Gasteiger partial charge in [0, 0.05) is 21.5 Å². The van der Waals surface area contributed by atoms with Crippen molar-refractivity contribution in [2.45, 2.75) is 68.5 Å². The van der Waals surface area contributed by atoms with Crippen molar-refractivity contribution < 1.29 is 30.3 Å². The highest BCUT2D eigenvalue weighted by molar-refractivity contribution is 9.11. The predicted octanol–water partition coefficient (Wildman–Crippen LogP) is 0.818. The Morgan fingerprint density at radius 1 is 1.07 bits per heavy atom. The van der Waals surface area contributed by atoms with Crippen LogP contribution in [0.25, 0.3) is 0 Å². The Hall–Kier alpha value is -0.300. The number of ether oxygens (including phenoxy) is 1. The summed E-state index contributed by atoms with van der Waals surface area (Å²) < 4.78 is 6.87. The molecule has 7 N–H and O–H groups in total. The number of nitrogens with one attached hydrogen (secondary N) is 2. The minimum absolute atomic E-state index is 0.180. The van der Waals surface area contributed by atoms with Crippen LogP contribution < -0.4 is 10.6 Å². The highest BCUT2D eigenvalue weighted by Gasteiger charge is 2.48. The Balaban J connectivity index is 1.68. The molecule has 1 aliphatic heterocycles. The summed E-state index contributed by atoms with van der Waals surface area (Å²) in [6.45, 7) is 0.116. The average molecular weight is 540 g/mol. The summed E-state index contributed by atoms with van der Waals surface area (Å²) in [5, 5.41) is 56.5. The van der Waals surface area contributed by atoms with Gasteiger partial charge in [0.15, 0.2) is 0 Å². The van der Waals surface area contributed by atoms with E-state index >= 15 is 0 Å². The van der Waals surface area contributed by atoms with Crippen LogP contribution in [0.5, 0.6) is 0 Å². The van der Waals surface area contributed by atoms with Gasteiger partial charge in [-0.1, -0.05) is 15.9 Å². The number of hydrogen-bond acceptors (Lipinski definition) is 8. The summed E-state index contributed by atoms with van der Waals surface area (Å²) in [5.41, 5.74) is 1.66. The predicted molar refractivity (Wildman–Crippen MR) is 114 cm³/mol. The van der Waals surface area contributed by atoms with E-state index < -0.39 is 24.1 Å². The first-order chi connectivity index (χ1) is 13.7. The Kier molecular flexibility index (Phi) is 7.96. The molecule has 1 aromatic carbocycles. The molecular weight excluding hydrogens is 512 g/mol. The van der Waals surface area contributed by atoms with Crippen LogP contribution in [-0.2, 0) is 11.3 Å². The van der Waals surface area contributed by atoms with Crippen molar-refractivity contribution in [1.29, 1.82) is 0 Å². The minimum Gasteiger partial charge on any atom is -0.393 e. The summed E-state index contributed by atoms with van der Waals surface area (Å²) in [5.74, 6) is -2.03. The number of anilines is 1. The maximum absolute atomic E-state index is 10.6. The molecule has 1 heterocycles. The maximum atomic E-state index is 10.6. The highest BCUT2D eigenvalue weighted by Crippen LogP contribution is 2.33. The Labute approximate surface area is 186 Å². The molecule has 0 spiro atoms. The Morgan fingerprint density at radius 3 is 2.45 bits per heavy atom. The van der Waals surface area contributed by atoms with E-state index in [1.165, 1.54) is 0 Å². The molecule has 8 nitrogen and oxygen atoms in total. The van der Waals surface area contributed by atoms with Crippen LogP contribution in [-0.4, -0.2) is 74.9 Å². The van der Waals surface area contributed by atoms with Crippen LogP contribution in [0.1, 0.15) is 31.2 Å². The van der Waals surface area contributed by atoms with Crippen LogP contribution in [0.3, 0.4) is 0 Å². The van der Waals surface area contributed by atoms with Gasteiger partial charge in [0.25, 0.3) is 0 Å². The number of rotatable bonds is 6. The molecule has 29 heavy (non-hydrogen) atoms. The fraction of sp³-hybridized carbons (Fsp3) is 0.684. The first kappa shape index (κ1) is 23.4. The van der Waals surface area contributed by atoms with E-state index in [0.29, 0.717) is 12.6 Å². The lowest BCUT2D eigenvalue weighted by molar-refractivity contribution is -0.313. The van der Waals surface area contributed by atoms with Gasteiger partial charge in [-0.25, -0.2) is 0 Å². The van der Waals surface area contributed by atoms with Crippen molar-refractivity contribution in [1.82, 2.24) is 5.32 Å². The number of halogens is 2. The van der Waals surface area contributed by atoms with Gasteiger partial charge < -0.3 is 40.9 Å². The van der Waals surface area contributed by atoms with Gasteiger partial charge in [0.05, 0.1) is 24.9 Å². The molecule has 164 valence electrons. The molecule has 1 saturated heterocycles. The van der Waals surface area contributed by atoms with Crippen molar-refractivity contribution in [2.75, 3.05) is 18.5 Å². The summed E-state index contributed by atoms with van der Waals surface area (Å²) >= 11 is 7.01. The molecule has 2 fully saturated rings. The molecule has 3 rings (SSSR count). The number of aliphatic hydroxyl groups excluding tert-OH is 4. The summed E-state index contributed by atoms with van der Waals surface area (Å²) in [7, 11) is 0. The van der Waals surface area contributed by atoms with Gasteiger partial charge in [-0.15, -0.1) is 0 Å². The second kappa shape index (κ2) is 9.88. The quantitative estimate of drug-likeness (QED) is 0.282. The van der Waals surface area contributed by atoms with Gasteiger partial charge >= 0.3 is 0 Å². The zero-order chi connectivity index (χ0) is 21.2. The lowest BCUT2D eigenvalue weighted by atomic mass is 9.93. The third-order valence-electron chi connectivity index (χ3n) is 5.62. The van der Waals surface area contributed by atoms with Crippen LogP contribution in [0, 0.1) is 0 Å². The van der Waals surface area contributed by atoms with E-state index in [9.17, 15) is 25.5 Å². The van der Waals surface area contributed by atoms with Crippen LogP contribution >= 0.6 is 31.9 Å². The van der Waals surface area contributed by atoms with E-state index in [-0.39, 0.29) is 19.3 Å². The second-order valence-corrected chi connectivity index (χ2v) is 9.59. The van der Waals surface area contributed by atoms with E-state index in [4.69, 9.17) is 4.74 Å². The fourth-order valence-electron chi connectivity index (χ4n) is 3.76. The molecule has 0 amide bonds. The summed E-state index contributed by atoms with van der Waals surface area (Å²) in [4.78, 5) is 0. The fourth-order valence-corrected chi connectivity index (χ4v) is 5.21. The van der Waals surface area contributed by atoms with Crippen molar-refractivity contribution >= 4 is 37.5 Å². The van der Waals surface area contributed by atoms with Crippen LogP contribution in [0.15, 0.2) is 21.1 Å². The monoisotopic (exact) mass is 538 g/mol. The number of aliphatic hydroxyl groups is 5. The van der Waals surface area contributed by atoms with Crippen LogP contribution in [0.2, 0.25) is 0 Å². The molecule has 1 aromatic rings. The van der Waals surface area contributed by atoms with Gasteiger partial charge in [0.2, 0.25) is 5.79 Å². The van der Waals surface area contributed by atoms with E-state index in [2.05, 4.69) is 42.5 Å². The normalized spacial score (nSPS) is 35.5. The third kappa shape index (κ3) is 5.69. The first-order valence-electron chi connectivity index (χ1n) is 9.73. The largest absolute Gasteiger partial charge is 0.393 e. The molecular formula is C19H28Br2N2O6. The van der Waals surface area contributed by atoms with Gasteiger partial charge in [-0.3, -0.25) is 0 Å². The van der Waals surface area contributed by atoms with Crippen molar-refractivity contribution in [3.8, 4) is 0 Å². The summed E-state index contributed by atoms with van der Waals surface area (Å²) in [6, 6.07) is 4.15. The molecule has 0 bridgehead atoms. The minimum atomic E-state index is -2.03. The van der Waals surface area contributed by atoms with Crippen molar-refractivity contribution in [3.63, 3.8) is 0 Å². The highest BCUT2D eigenvalue weighted by atomic mass is 79.9. The van der Waals surface area contributed by atoms with Gasteiger partial charge in [0.1, 0.15) is 18.3 Å². The molecule has 1 aliphatic carbocycles. The zero-order valence-corrected chi connectivity index (χ0v) is 19.1. The number of hydrogen-bond donors (Lipinski definition) is 7. The molecule has 1 saturated carbocycles. The van der Waals surface area contributed by atoms with E-state index in [1.807, 2.05) is 12.1 Å². The lowest BCUT2D eigenvalue weighted by Crippen LogP contribution is -2.63. The average Bonchev–Trinajstić information content (AvgIpc) is 2.68.